The number of nitrogens with two attached hydrogens (primary N) is 1. The first-order valence-corrected chi connectivity index (χ1v) is 6.91. The summed E-state index contributed by atoms with van der Waals surface area (Å²) in [4.78, 5) is 23.6. The lowest BCUT2D eigenvalue weighted by atomic mass is 10.1. The summed E-state index contributed by atoms with van der Waals surface area (Å²) < 4.78 is 15.2. The fraction of sp³-hybridized carbons (Fsp3) is 0.385. The Kier molecular flexibility index (Phi) is 6.13. The van der Waals surface area contributed by atoms with Crippen LogP contribution in [0, 0.1) is 0 Å². The smallest absolute Gasteiger partial charge is 0.343 e. The van der Waals surface area contributed by atoms with Gasteiger partial charge in [0.2, 0.25) is 5.91 Å². The molecule has 0 fully saturated rings. The number of carbonyl (C=O) groups excluding carboxylic acids is 2. The van der Waals surface area contributed by atoms with Gasteiger partial charge >= 0.3 is 5.97 Å². The number of amides is 1. The van der Waals surface area contributed by atoms with Crippen LogP contribution in [0.2, 0.25) is 5.02 Å². The summed E-state index contributed by atoms with van der Waals surface area (Å²) in [6, 6.07) is 0. The van der Waals surface area contributed by atoms with Gasteiger partial charge in [-0.25, -0.2) is 4.79 Å². The van der Waals surface area contributed by atoms with Crippen LogP contribution in [0.15, 0.2) is 0 Å². The van der Waals surface area contributed by atoms with E-state index in [1.807, 2.05) is 0 Å². The van der Waals surface area contributed by atoms with Crippen LogP contribution < -0.4 is 20.5 Å². The van der Waals surface area contributed by atoms with Crippen molar-refractivity contribution in [2.24, 2.45) is 0 Å². The molecule has 0 aliphatic heterocycles. The van der Waals surface area contributed by atoms with E-state index in [9.17, 15) is 9.59 Å². The van der Waals surface area contributed by atoms with Crippen LogP contribution in [0.3, 0.4) is 0 Å². The molecular formula is C13H16Cl2N2O5. The zero-order valence-corrected chi connectivity index (χ0v) is 14.0. The zero-order valence-electron chi connectivity index (χ0n) is 12.5. The number of benzene rings is 1. The Labute approximate surface area is 137 Å². The highest BCUT2D eigenvalue weighted by Gasteiger charge is 2.29. The maximum Gasteiger partial charge on any atom is 0.343 e. The van der Waals surface area contributed by atoms with Crippen molar-refractivity contribution in [2.45, 2.75) is 19.4 Å². The van der Waals surface area contributed by atoms with Crippen LogP contribution in [0.5, 0.6) is 11.5 Å². The maximum atomic E-state index is 12.2. The summed E-state index contributed by atoms with van der Waals surface area (Å²) >= 11 is 11.8. The van der Waals surface area contributed by atoms with Crippen molar-refractivity contribution in [2.75, 3.05) is 25.3 Å². The summed E-state index contributed by atoms with van der Waals surface area (Å²) in [7, 11) is 2.65. The minimum atomic E-state index is -0.900. The van der Waals surface area contributed by atoms with Gasteiger partial charge in [-0.05, 0) is 6.92 Å². The summed E-state index contributed by atoms with van der Waals surface area (Å²) in [5.74, 6) is -1.24. The Hall–Kier alpha value is -1.86. The molecule has 1 amide bonds. The van der Waals surface area contributed by atoms with Crippen LogP contribution in [0.4, 0.5) is 11.4 Å². The number of anilines is 2. The van der Waals surface area contributed by atoms with Crippen molar-refractivity contribution in [1.82, 2.24) is 0 Å². The molecule has 0 radical (unpaired) electrons. The highest BCUT2D eigenvalue weighted by atomic mass is 35.5. The average Bonchev–Trinajstić information content (AvgIpc) is 2.37. The molecule has 0 aromatic heterocycles. The number of ether oxygens (including phenoxy) is 3. The molecule has 7 nitrogen and oxygen atoms in total. The summed E-state index contributed by atoms with van der Waals surface area (Å²) in [6.45, 7) is 2.71. The first-order chi connectivity index (χ1) is 10.2. The van der Waals surface area contributed by atoms with E-state index in [1.54, 1.807) is 0 Å². The van der Waals surface area contributed by atoms with Crippen molar-refractivity contribution in [1.29, 1.82) is 0 Å². The van der Waals surface area contributed by atoms with E-state index in [2.05, 4.69) is 5.32 Å². The molecule has 0 saturated heterocycles. The molecule has 0 spiro atoms. The monoisotopic (exact) mass is 350 g/mol. The number of halogens is 2. The van der Waals surface area contributed by atoms with Gasteiger partial charge in [-0.3, -0.25) is 4.79 Å². The Balaban J connectivity index is 3.68. The van der Waals surface area contributed by atoms with Crippen LogP contribution in [0.25, 0.3) is 0 Å². The lowest BCUT2D eigenvalue weighted by Gasteiger charge is -2.20. The molecule has 1 rings (SSSR count). The van der Waals surface area contributed by atoms with Gasteiger partial charge < -0.3 is 25.3 Å². The molecule has 1 aromatic rings. The first-order valence-electron chi connectivity index (χ1n) is 6.10. The topological polar surface area (TPSA) is 99.9 Å². The number of nitrogens with one attached hydrogen (secondary N) is 1. The Morgan fingerprint density at radius 3 is 2.18 bits per heavy atom. The van der Waals surface area contributed by atoms with E-state index in [0.29, 0.717) is 0 Å². The SMILES string of the molecule is COc1c(N)c(OC)c(NC(C)=O)c(C(=O)OC(C)Cl)c1Cl. The zero-order chi connectivity index (χ0) is 17.0. The first kappa shape index (κ1) is 18.2. The number of alkyl halides is 1. The molecule has 0 heterocycles. The minimum Gasteiger partial charge on any atom is -0.493 e. The molecule has 1 atom stereocenters. The number of esters is 1. The molecule has 0 aliphatic carbocycles. The van der Waals surface area contributed by atoms with Gasteiger partial charge in [0.05, 0.1) is 14.2 Å². The Morgan fingerprint density at radius 1 is 1.23 bits per heavy atom. The predicted molar refractivity (Wildman–Crippen MR) is 84.0 cm³/mol. The van der Waals surface area contributed by atoms with Crippen molar-refractivity contribution in [3.8, 4) is 11.5 Å². The lowest BCUT2D eigenvalue weighted by Crippen LogP contribution is -2.18. The second-order valence-corrected chi connectivity index (χ2v) is 5.17. The van der Waals surface area contributed by atoms with Gasteiger partial charge in [0.15, 0.2) is 17.1 Å². The maximum absolute atomic E-state index is 12.2. The second-order valence-electron chi connectivity index (χ2n) is 4.17. The third-order valence-electron chi connectivity index (χ3n) is 2.57. The van der Waals surface area contributed by atoms with E-state index >= 15 is 0 Å². The number of nitrogen functional groups attached to an aromatic ring is 1. The largest absolute Gasteiger partial charge is 0.493 e. The van der Waals surface area contributed by atoms with Gasteiger partial charge in [0.1, 0.15) is 22.0 Å². The van der Waals surface area contributed by atoms with E-state index in [-0.39, 0.29) is 33.5 Å². The lowest BCUT2D eigenvalue weighted by molar-refractivity contribution is -0.114. The molecule has 122 valence electrons. The molecule has 0 saturated carbocycles. The van der Waals surface area contributed by atoms with Crippen molar-refractivity contribution in [3.05, 3.63) is 10.6 Å². The standard InChI is InChI=1S/C13H16Cl2N2O5/c1-5(14)22-13(19)7-8(15)11(20-3)9(16)12(21-4)10(7)17-6(2)18/h5H,16H2,1-4H3,(H,17,18). The summed E-state index contributed by atoms with van der Waals surface area (Å²) in [5.41, 5.74) is 4.85. The number of hydrogen-bond acceptors (Lipinski definition) is 6. The molecule has 0 bridgehead atoms. The van der Waals surface area contributed by atoms with Crippen LogP contribution in [0.1, 0.15) is 24.2 Å². The number of carbonyl (C=O) groups is 2. The van der Waals surface area contributed by atoms with Crippen LogP contribution in [-0.4, -0.2) is 31.7 Å². The molecule has 3 N–H and O–H groups in total. The third kappa shape index (κ3) is 3.66. The fourth-order valence-electron chi connectivity index (χ4n) is 1.80. The van der Waals surface area contributed by atoms with Crippen molar-refractivity contribution >= 4 is 46.5 Å². The normalized spacial score (nSPS) is 11.5. The van der Waals surface area contributed by atoms with Gasteiger partial charge in [0.25, 0.3) is 0 Å². The quantitative estimate of drug-likeness (QED) is 0.481. The summed E-state index contributed by atoms with van der Waals surface area (Å²) in [5, 5.41) is 2.33. The number of methoxy groups -OCH3 is 2. The summed E-state index contributed by atoms with van der Waals surface area (Å²) in [6.07, 6.45) is 0. The van der Waals surface area contributed by atoms with Gasteiger partial charge in [-0.15, -0.1) is 0 Å². The minimum absolute atomic E-state index is 0.0133. The molecule has 9 heteroatoms. The highest BCUT2D eigenvalue weighted by Crippen LogP contribution is 2.47. The second kappa shape index (κ2) is 7.42. The van der Waals surface area contributed by atoms with E-state index < -0.39 is 17.4 Å². The van der Waals surface area contributed by atoms with E-state index in [0.717, 1.165) is 0 Å². The highest BCUT2D eigenvalue weighted by molar-refractivity contribution is 6.37. The number of rotatable bonds is 5. The predicted octanol–water partition coefficient (Wildman–Crippen LogP) is 2.64. The molecule has 1 aromatic carbocycles. The molecule has 1 unspecified atom stereocenters. The third-order valence-corrected chi connectivity index (χ3v) is 3.02. The van der Waals surface area contributed by atoms with Crippen LogP contribution >= 0.6 is 23.2 Å². The Bertz CT molecular complexity index is 605. The van der Waals surface area contributed by atoms with Crippen LogP contribution in [-0.2, 0) is 9.53 Å². The Morgan fingerprint density at radius 2 is 1.77 bits per heavy atom. The molecule has 22 heavy (non-hydrogen) atoms. The van der Waals surface area contributed by atoms with E-state index in [1.165, 1.54) is 28.1 Å². The van der Waals surface area contributed by atoms with Gasteiger partial charge in [0, 0.05) is 6.92 Å². The van der Waals surface area contributed by atoms with Crippen molar-refractivity contribution in [3.63, 3.8) is 0 Å². The molecule has 0 aliphatic rings. The molecular weight excluding hydrogens is 335 g/mol. The number of hydrogen-bond donors (Lipinski definition) is 2. The van der Waals surface area contributed by atoms with Gasteiger partial charge in [-0.2, -0.15) is 0 Å². The van der Waals surface area contributed by atoms with Crippen molar-refractivity contribution < 1.29 is 23.8 Å². The van der Waals surface area contributed by atoms with E-state index in [4.69, 9.17) is 43.1 Å². The fourth-order valence-corrected chi connectivity index (χ4v) is 2.23. The van der Waals surface area contributed by atoms with Gasteiger partial charge in [-0.1, -0.05) is 23.2 Å². The average molecular weight is 351 g/mol.